The first-order valence-electron chi connectivity index (χ1n) is 4.00. The number of methoxy groups -OCH3 is 1. The minimum atomic E-state index is 0. The van der Waals surface area contributed by atoms with E-state index < -0.39 is 0 Å². The van der Waals surface area contributed by atoms with Crippen LogP contribution in [-0.2, 0) is 17.7 Å². The van der Waals surface area contributed by atoms with Gasteiger partial charge in [-0.15, -0.1) is 28.3 Å². The average Bonchev–Trinajstić information content (AvgIpc) is 2.43. The molecule has 0 spiro atoms. The molecular weight excluding hydrogens is 252 g/mol. The molecule has 0 aliphatic heterocycles. The number of hydrogen-bond acceptors (Lipinski definition) is 3. The number of rotatable bonds is 4. The second-order valence-electron chi connectivity index (χ2n) is 2.53. The van der Waals surface area contributed by atoms with E-state index in [4.69, 9.17) is 10.1 Å². The number of aromatic nitrogens is 1. The van der Waals surface area contributed by atoms with E-state index in [1.54, 1.807) is 7.11 Å². The van der Waals surface area contributed by atoms with Crippen LogP contribution in [0.5, 0.6) is 0 Å². The first kappa shape index (κ1) is 12.9. The van der Waals surface area contributed by atoms with Crippen LogP contribution < -0.4 is 4.80 Å². The summed E-state index contributed by atoms with van der Waals surface area (Å²) < 4.78 is 6.96. The lowest BCUT2D eigenvalue weighted by Gasteiger charge is -2.04. The van der Waals surface area contributed by atoms with Crippen LogP contribution in [0.25, 0.3) is 0 Å². The maximum Gasteiger partial charge on any atom is 0.182 e. The van der Waals surface area contributed by atoms with Crippen LogP contribution in [0.15, 0.2) is 5.38 Å². The third-order valence-electron chi connectivity index (χ3n) is 1.78. The van der Waals surface area contributed by atoms with Gasteiger partial charge in [0.1, 0.15) is 0 Å². The molecule has 1 heterocycles. The van der Waals surface area contributed by atoms with Crippen molar-refractivity contribution in [3.05, 3.63) is 15.9 Å². The highest BCUT2D eigenvalue weighted by atomic mass is 79.9. The van der Waals surface area contributed by atoms with Gasteiger partial charge in [0.05, 0.1) is 6.61 Å². The number of nitrogens with one attached hydrogen (secondary N) is 1. The first-order chi connectivity index (χ1) is 5.79. The van der Waals surface area contributed by atoms with Gasteiger partial charge in [0.25, 0.3) is 0 Å². The summed E-state index contributed by atoms with van der Waals surface area (Å²) in [6.45, 7) is 3.58. The highest BCUT2D eigenvalue weighted by Gasteiger charge is 2.00. The summed E-state index contributed by atoms with van der Waals surface area (Å²) in [5.41, 5.74) is 1.22. The van der Waals surface area contributed by atoms with E-state index in [1.807, 2.05) is 9.95 Å². The van der Waals surface area contributed by atoms with Crippen LogP contribution in [0.1, 0.15) is 12.6 Å². The zero-order valence-corrected chi connectivity index (χ0v) is 10.4. The number of halogens is 1. The van der Waals surface area contributed by atoms with Crippen LogP contribution in [0.3, 0.4) is 0 Å². The highest BCUT2D eigenvalue weighted by Crippen LogP contribution is 2.01. The summed E-state index contributed by atoms with van der Waals surface area (Å²) in [6, 6.07) is 0. The molecule has 0 atom stereocenters. The van der Waals surface area contributed by atoms with Gasteiger partial charge in [-0.3, -0.25) is 5.41 Å². The van der Waals surface area contributed by atoms with Gasteiger partial charge in [-0.05, 0) is 6.42 Å². The molecule has 0 saturated carbocycles. The van der Waals surface area contributed by atoms with Crippen LogP contribution in [0.4, 0.5) is 0 Å². The molecule has 0 saturated heterocycles. The van der Waals surface area contributed by atoms with E-state index in [0.717, 1.165) is 13.0 Å². The Morgan fingerprint density at radius 2 is 2.31 bits per heavy atom. The van der Waals surface area contributed by atoms with Crippen molar-refractivity contribution in [3.63, 3.8) is 0 Å². The third kappa shape index (κ3) is 3.25. The second-order valence-corrected chi connectivity index (χ2v) is 3.39. The molecule has 1 aromatic heterocycles. The fourth-order valence-electron chi connectivity index (χ4n) is 1.08. The number of nitrogens with zero attached hydrogens (tertiary/aromatic N) is 1. The maximum atomic E-state index is 7.60. The molecule has 0 fully saturated rings. The SMILES string of the molecule is Br.CCc1csc(=N)n1CCOC. The molecule has 0 unspecified atom stereocenters. The normalized spacial score (nSPS) is 9.69. The Kier molecular flexibility index (Phi) is 6.28. The molecule has 1 aromatic rings. The summed E-state index contributed by atoms with van der Waals surface area (Å²) in [5, 5.41) is 9.64. The first-order valence-corrected chi connectivity index (χ1v) is 4.88. The van der Waals surface area contributed by atoms with Gasteiger partial charge in [0.15, 0.2) is 4.80 Å². The standard InChI is InChI=1S/C8H14N2OS.BrH/c1-3-7-6-12-8(9)10(7)4-5-11-2;/h6,9H,3-5H2,1-2H3;1H. The maximum absolute atomic E-state index is 7.60. The number of aryl methyl sites for hydroxylation is 1. The van der Waals surface area contributed by atoms with Crippen LogP contribution in [-0.4, -0.2) is 18.3 Å². The zero-order valence-electron chi connectivity index (χ0n) is 7.87. The number of ether oxygens (including phenoxy) is 1. The lowest BCUT2D eigenvalue weighted by Crippen LogP contribution is -2.18. The number of thiazole rings is 1. The lowest BCUT2D eigenvalue weighted by molar-refractivity contribution is 0.185. The predicted molar refractivity (Wildman–Crippen MR) is 59.7 cm³/mol. The second kappa shape index (κ2) is 6.34. The molecule has 0 aliphatic carbocycles. The van der Waals surface area contributed by atoms with Crippen molar-refractivity contribution in [1.29, 1.82) is 5.41 Å². The minimum absolute atomic E-state index is 0. The molecule has 76 valence electrons. The van der Waals surface area contributed by atoms with Crippen molar-refractivity contribution < 1.29 is 4.74 Å². The smallest absolute Gasteiger partial charge is 0.182 e. The Morgan fingerprint density at radius 3 is 2.85 bits per heavy atom. The Hall–Kier alpha value is -0.130. The van der Waals surface area contributed by atoms with Gasteiger partial charge in [0.2, 0.25) is 0 Å². The molecule has 1 N–H and O–H groups in total. The Balaban J connectivity index is 0.00000144. The third-order valence-corrected chi connectivity index (χ3v) is 2.61. The van der Waals surface area contributed by atoms with Crippen molar-refractivity contribution in [2.75, 3.05) is 13.7 Å². The highest BCUT2D eigenvalue weighted by molar-refractivity contribution is 8.93. The van der Waals surface area contributed by atoms with E-state index in [0.29, 0.717) is 11.4 Å². The van der Waals surface area contributed by atoms with E-state index >= 15 is 0 Å². The van der Waals surface area contributed by atoms with Gasteiger partial charge < -0.3 is 9.30 Å². The van der Waals surface area contributed by atoms with Crippen molar-refractivity contribution in [3.8, 4) is 0 Å². The van der Waals surface area contributed by atoms with Gasteiger partial charge in [-0.25, -0.2) is 0 Å². The Morgan fingerprint density at radius 1 is 1.62 bits per heavy atom. The summed E-state index contributed by atoms with van der Waals surface area (Å²) in [7, 11) is 1.68. The summed E-state index contributed by atoms with van der Waals surface area (Å²) >= 11 is 1.48. The van der Waals surface area contributed by atoms with E-state index in [9.17, 15) is 0 Å². The lowest BCUT2D eigenvalue weighted by atomic mass is 10.4. The van der Waals surface area contributed by atoms with E-state index in [-0.39, 0.29) is 17.0 Å². The van der Waals surface area contributed by atoms with Crippen LogP contribution in [0, 0.1) is 5.41 Å². The van der Waals surface area contributed by atoms with Gasteiger partial charge >= 0.3 is 0 Å². The minimum Gasteiger partial charge on any atom is -0.383 e. The molecule has 0 bridgehead atoms. The summed E-state index contributed by atoms with van der Waals surface area (Å²) in [6.07, 6.45) is 0.985. The molecule has 0 radical (unpaired) electrons. The van der Waals surface area contributed by atoms with Crippen LogP contribution >= 0.6 is 28.3 Å². The van der Waals surface area contributed by atoms with Gasteiger partial charge in [-0.2, -0.15) is 0 Å². The van der Waals surface area contributed by atoms with E-state index in [2.05, 4.69) is 6.92 Å². The molecular formula is C8H15BrN2OS. The van der Waals surface area contributed by atoms with Crippen molar-refractivity contribution >= 4 is 28.3 Å². The Bertz CT molecular complexity index is 295. The zero-order chi connectivity index (χ0) is 8.97. The molecule has 5 heteroatoms. The summed E-state index contributed by atoms with van der Waals surface area (Å²) in [4.78, 5) is 0.615. The summed E-state index contributed by atoms with van der Waals surface area (Å²) in [5.74, 6) is 0. The predicted octanol–water partition coefficient (Wildman–Crippen LogP) is 1.82. The molecule has 0 aliphatic rings. The fraction of sp³-hybridized carbons (Fsp3) is 0.625. The molecule has 3 nitrogen and oxygen atoms in total. The van der Waals surface area contributed by atoms with Crippen molar-refractivity contribution in [1.82, 2.24) is 4.57 Å². The quantitative estimate of drug-likeness (QED) is 0.887. The van der Waals surface area contributed by atoms with Gasteiger partial charge in [-0.1, -0.05) is 6.92 Å². The van der Waals surface area contributed by atoms with Crippen molar-refractivity contribution in [2.45, 2.75) is 19.9 Å². The largest absolute Gasteiger partial charge is 0.383 e. The van der Waals surface area contributed by atoms with Crippen LogP contribution in [0.2, 0.25) is 0 Å². The van der Waals surface area contributed by atoms with E-state index in [1.165, 1.54) is 17.0 Å². The Labute approximate surface area is 92.6 Å². The molecule has 1 rings (SSSR count). The molecule has 0 amide bonds. The molecule has 0 aromatic carbocycles. The van der Waals surface area contributed by atoms with Gasteiger partial charge in [0, 0.05) is 24.7 Å². The van der Waals surface area contributed by atoms with Crippen molar-refractivity contribution in [2.24, 2.45) is 0 Å². The topological polar surface area (TPSA) is 38.0 Å². The monoisotopic (exact) mass is 266 g/mol. The number of hydrogen-bond donors (Lipinski definition) is 1. The average molecular weight is 267 g/mol. The fourth-order valence-corrected chi connectivity index (χ4v) is 1.96. The molecule has 13 heavy (non-hydrogen) atoms.